The summed E-state index contributed by atoms with van der Waals surface area (Å²) < 4.78 is 11.1. The Bertz CT molecular complexity index is 1060. The smallest absolute Gasteiger partial charge is 0.262 e. The van der Waals surface area contributed by atoms with Crippen LogP contribution in [0.1, 0.15) is 28.4 Å². The van der Waals surface area contributed by atoms with Crippen LogP contribution in [0.4, 0.5) is 11.4 Å². The zero-order valence-electron chi connectivity index (χ0n) is 17.9. The van der Waals surface area contributed by atoms with Crippen LogP contribution in [0.3, 0.4) is 0 Å². The molecule has 0 bridgehead atoms. The normalized spacial score (nSPS) is 10.3. The second-order valence-electron chi connectivity index (χ2n) is 6.99. The molecule has 0 atom stereocenters. The first-order chi connectivity index (χ1) is 15.0. The summed E-state index contributed by atoms with van der Waals surface area (Å²) in [7, 11) is 0. The quantitative estimate of drug-likeness (QED) is 0.541. The Balaban J connectivity index is 1.56. The largest absolute Gasteiger partial charge is 0.492 e. The Kier molecular flexibility index (Phi) is 7.27. The lowest BCUT2D eigenvalue weighted by atomic mass is 10.1. The first-order valence-corrected chi connectivity index (χ1v) is 10.1. The van der Waals surface area contributed by atoms with Crippen LogP contribution in [0.5, 0.6) is 11.5 Å². The number of hydrogen-bond donors (Lipinski definition) is 2. The molecule has 6 nitrogen and oxygen atoms in total. The van der Waals surface area contributed by atoms with Crippen LogP contribution >= 0.6 is 0 Å². The third-order valence-electron chi connectivity index (χ3n) is 4.80. The second-order valence-corrected chi connectivity index (χ2v) is 6.99. The predicted octanol–water partition coefficient (Wildman–Crippen LogP) is 4.97. The molecule has 0 heterocycles. The van der Waals surface area contributed by atoms with E-state index in [-0.39, 0.29) is 18.4 Å². The van der Waals surface area contributed by atoms with E-state index in [0.29, 0.717) is 29.4 Å². The number of benzene rings is 3. The van der Waals surface area contributed by atoms with Gasteiger partial charge in [0.1, 0.15) is 11.5 Å². The summed E-state index contributed by atoms with van der Waals surface area (Å²) in [6.45, 7) is 6.23. The monoisotopic (exact) mass is 418 g/mol. The second kappa shape index (κ2) is 10.3. The maximum atomic E-state index is 12.5. The Morgan fingerprint density at radius 1 is 0.806 bits per heavy atom. The van der Waals surface area contributed by atoms with Gasteiger partial charge in [-0.05, 0) is 74.4 Å². The van der Waals surface area contributed by atoms with Crippen molar-refractivity contribution < 1.29 is 19.1 Å². The number of carbonyl (C=O) groups excluding carboxylic acids is 2. The molecular formula is C25H26N2O4. The molecule has 160 valence electrons. The molecule has 0 aromatic heterocycles. The fourth-order valence-corrected chi connectivity index (χ4v) is 2.97. The SMILES string of the molecule is CCOc1ccccc1NC(=O)c1ccc(OCC(=O)Nc2cccc(C)c2C)cc1. The van der Waals surface area contributed by atoms with Crippen molar-refractivity contribution in [1.82, 2.24) is 0 Å². The maximum absolute atomic E-state index is 12.5. The molecule has 31 heavy (non-hydrogen) atoms. The number of hydrogen-bond acceptors (Lipinski definition) is 4. The molecule has 0 spiro atoms. The van der Waals surface area contributed by atoms with Gasteiger partial charge in [-0.1, -0.05) is 24.3 Å². The van der Waals surface area contributed by atoms with Crippen molar-refractivity contribution in [3.8, 4) is 11.5 Å². The van der Waals surface area contributed by atoms with Gasteiger partial charge in [0.25, 0.3) is 11.8 Å². The number of ether oxygens (including phenoxy) is 2. The van der Waals surface area contributed by atoms with Gasteiger partial charge in [-0.2, -0.15) is 0 Å². The van der Waals surface area contributed by atoms with Gasteiger partial charge in [-0.25, -0.2) is 0 Å². The molecule has 0 aliphatic heterocycles. The molecule has 0 saturated carbocycles. The summed E-state index contributed by atoms with van der Waals surface area (Å²) >= 11 is 0. The fraction of sp³-hybridized carbons (Fsp3) is 0.200. The molecule has 6 heteroatoms. The van der Waals surface area contributed by atoms with Gasteiger partial charge in [0.05, 0.1) is 12.3 Å². The number of anilines is 2. The van der Waals surface area contributed by atoms with Crippen LogP contribution in [0.15, 0.2) is 66.7 Å². The Labute approximate surface area is 182 Å². The number of amides is 2. The van der Waals surface area contributed by atoms with E-state index in [9.17, 15) is 9.59 Å². The van der Waals surface area contributed by atoms with Crippen LogP contribution < -0.4 is 20.1 Å². The van der Waals surface area contributed by atoms with E-state index in [0.717, 1.165) is 16.8 Å². The molecule has 0 fully saturated rings. The molecule has 2 amide bonds. The minimum atomic E-state index is -0.258. The Morgan fingerprint density at radius 3 is 2.26 bits per heavy atom. The molecule has 0 saturated heterocycles. The summed E-state index contributed by atoms with van der Waals surface area (Å²) in [6, 6.07) is 19.6. The van der Waals surface area contributed by atoms with E-state index in [1.807, 2.05) is 51.1 Å². The van der Waals surface area contributed by atoms with Crippen LogP contribution in [-0.4, -0.2) is 25.0 Å². The van der Waals surface area contributed by atoms with Gasteiger partial charge in [0.2, 0.25) is 0 Å². The molecule has 2 N–H and O–H groups in total. The average Bonchev–Trinajstić information content (AvgIpc) is 2.77. The van der Waals surface area contributed by atoms with Gasteiger partial charge in [-0.15, -0.1) is 0 Å². The number of para-hydroxylation sites is 2. The highest BCUT2D eigenvalue weighted by Crippen LogP contribution is 2.24. The standard InChI is InChI=1S/C25H26N2O4/c1-4-30-23-11-6-5-9-22(23)27-25(29)19-12-14-20(15-13-19)31-16-24(28)26-21-10-7-8-17(2)18(21)3/h5-15H,4,16H2,1-3H3,(H,26,28)(H,27,29). The van der Waals surface area contributed by atoms with Gasteiger partial charge < -0.3 is 20.1 Å². The van der Waals surface area contributed by atoms with Crippen molar-refractivity contribution in [2.75, 3.05) is 23.8 Å². The van der Waals surface area contributed by atoms with Crippen LogP contribution in [0.2, 0.25) is 0 Å². The molecule has 3 aromatic rings. The zero-order chi connectivity index (χ0) is 22.2. The first kappa shape index (κ1) is 21.9. The maximum Gasteiger partial charge on any atom is 0.262 e. The van der Waals surface area contributed by atoms with Crippen LogP contribution in [-0.2, 0) is 4.79 Å². The van der Waals surface area contributed by atoms with Crippen molar-refractivity contribution in [3.63, 3.8) is 0 Å². The van der Waals surface area contributed by atoms with E-state index in [4.69, 9.17) is 9.47 Å². The molecule has 3 aromatic carbocycles. The highest BCUT2D eigenvalue weighted by molar-refractivity contribution is 6.05. The lowest BCUT2D eigenvalue weighted by Gasteiger charge is -2.12. The lowest BCUT2D eigenvalue weighted by Crippen LogP contribution is -2.20. The number of nitrogens with one attached hydrogen (secondary N) is 2. The lowest BCUT2D eigenvalue weighted by molar-refractivity contribution is -0.118. The Morgan fingerprint density at radius 2 is 1.52 bits per heavy atom. The highest BCUT2D eigenvalue weighted by atomic mass is 16.5. The summed E-state index contributed by atoms with van der Waals surface area (Å²) in [6.07, 6.45) is 0. The Hall–Kier alpha value is -3.80. The minimum Gasteiger partial charge on any atom is -0.492 e. The van der Waals surface area contributed by atoms with Gasteiger partial charge in [-0.3, -0.25) is 9.59 Å². The van der Waals surface area contributed by atoms with Crippen molar-refractivity contribution in [1.29, 1.82) is 0 Å². The highest BCUT2D eigenvalue weighted by Gasteiger charge is 2.11. The first-order valence-electron chi connectivity index (χ1n) is 10.1. The molecule has 0 radical (unpaired) electrons. The topological polar surface area (TPSA) is 76.7 Å². The average molecular weight is 418 g/mol. The molecular weight excluding hydrogens is 392 g/mol. The summed E-state index contributed by atoms with van der Waals surface area (Å²) in [5, 5.41) is 5.70. The molecule has 3 rings (SSSR count). The molecule has 0 unspecified atom stereocenters. The van der Waals surface area contributed by atoms with E-state index < -0.39 is 0 Å². The number of rotatable bonds is 8. The number of carbonyl (C=O) groups is 2. The van der Waals surface area contributed by atoms with E-state index in [1.54, 1.807) is 36.4 Å². The van der Waals surface area contributed by atoms with Crippen molar-refractivity contribution in [2.24, 2.45) is 0 Å². The number of aryl methyl sites for hydroxylation is 1. The van der Waals surface area contributed by atoms with Gasteiger partial charge >= 0.3 is 0 Å². The van der Waals surface area contributed by atoms with Crippen molar-refractivity contribution >= 4 is 23.2 Å². The molecule has 0 aliphatic carbocycles. The zero-order valence-corrected chi connectivity index (χ0v) is 17.9. The predicted molar refractivity (Wildman–Crippen MR) is 122 cm³/mol. The van der Waals surface area contributed by atoms with Crippen LogP contribution in [0, 0.1) is 13.8 Å². The summed E-state index contributed by atoms with van der Waals surface area (Å²) in [5.41, 5.74) is 3.98. The fourth-order valence-electron chi connectivity index (χ4n) is 2.97. The van der Waals surface area contributed by atoms with Crippen molar-refractivity contribution in [3.05, 3.63) is 83.4 Å². The van der Waals surface area contributed by atoms with E-state index >= 15 is 0 Å². The van der Waals surface area contributed by atoms with E-state index in [1.165, 1.54) is 0 Å². The minimum absolute atomic E-state index is 0.124. The van der Waals surface area contributed by atoms with Gasteiger partial charge in [0.15, 0.2) is 6.61 Å². The summed E-state index contributed by atoms with van der Waals surface area (Å²) in [5.74, 6) is 0.616. The third-order valence-corrected chi connectivity index (χ3v) is 4.80. The summed E-state index contributed by atoms with van der Waals surface area (Å²) in [4.78, 5) is 24.7. The third kappa shape index (κ3) is 5.85. The van der Waals surface area contributed by atoms with E-state index in [2.05, 4.69) is 10.6 Å². The molecule has 0 aliphatic rings. The van der Waals surface area contributed by atoms with Gasteiger partial charge in [0, 0.05) is 11.3 Å². The van der Waals surface area contributed by atoms with Crippen LogP contribution in [0.25, 0.3) is 0 Å². The van der Waals surface area contributed by atoms with Crippen molar-refractivity contribution in [2.45, 2.75) is 20.8 Å².